The molecule has 4 aromatic rings. The van der Waals surface area contributed by atoms with Gasteiger partial charge in [-0.3, -0.25) is 9.69 Å². The molecule has 4 nitrogen and oxygen atoms in total. The van der Waals surface area contributed by atoms with Crippen LogP contribution in [0.15, 0.2) is 78.9 Å². The summed E-state index contributed by atoms with van der Waals surface area (Å²) in [4.78, 5) is 22.1. The number of aromatic amines is 1. The minimum atomic E-state index is -0.310. The molecule has 0 aliphatic carbocycles. The Morgan fingerprint density at radius 1 is 0.906 bits per heavy atom. The Bertz CT molecular complexity index is 1240. The number of rotatable bonds is 5. The lowest BCUT2D eigenvalue weighted by molar-refractivity contribution is 0.0807. The number of nitrogens with zero attached hydrogens (tertiary/aromatic N) is 2. The average Bonchev–Trinajstić information content (AvgIpc) is 3.16. The van der Waals surface area contributed by atoms with Crippen LogP contribution >= 0.6 is 11.6 Å². The van der Waals surface area contributed by atoms with Crippen molar-refractivity contribution in [1.82, 2.24) is 9.88 Å². The van der Waals surface area contributed by atoms with E-state index in [4.69, 9.17) is 11.6 Å². The SMILES string of the molecule is Cc1[nH]c2ccccc2c1C(=O)[C@H](c1ccccc1)N1CCN(c2cccc(Cl)c2)CC1. The molecule has 1 saturated heterocycles. The fourth-order valence-electron chi connectivity index (χ4n) is 4.81. The van der Waals surface area contributed by atoms with Gasteiger partial charge >= 0.3 is 0 Å². The number of piperazine rings is 1. The first-order valence-corrected chi connectivity index (χ1v) is 11.4. The van der Waals surface area contributed by atoms with Crippen molar-refractivity contribution in [2.75, 3.05) is 31.1 Å². The van der Waals surface area contributed by atoms with Crippen LogP contribution in [0.25, 0.3) is 10.9 Å². The number of halogens is 1. The monoisotopic (exact) mass is 443 g/mol. The third kappa shape index (κ3) is 3.92. The normalized spacial score (nSPS) is 15.8. The van der Waals surface area contributed by atoms with E-state index < -0.39 is 0 Å². The number of ketones is 1. The standard InChI is InChI=1S/C27H26ClN3O/c1-19-25(23-12-5-6-13-24(23)29-19)27(32)26(20-8-3-2-4-9-20)31-16-14-30(15-17-31)22-11-7-10-21(28)18-22/h2-13,18,26,29H,14-17H2,1H3/t26-/m0/s1. The van der Waals surface area contributed by atoms with Crippen LogP contribution in [0, 0.1) is 6.92 Å². The highest BCUT2D eigenvalue weighted by atomic mass is 35.5. The van der Waals surface area contributed by atoms with Gasteiger partial charge in [-0.1, -0.05) is 66.2 Å². The highest BCUT2D eigenvalue weighted by Gasteiger charge is 2.33. The second-order valence-electron chi connectivity index (χ2n) is 8.35. The van der Waals surface area contributed by atoms with E-state index in [0.29, 0.717) is 0 Å². The maximum Gasteiger partial charge on any atom is 0.186 e. The van der Waals surface area contributed by atoms with Gasteiger partial charge in [0, 0.05) is 59.0 Å². The van der Waals surface area contributed by atoms with E-state index in [1.54, 1.807) is 0 Å². The van der Waals surface area contributed by atoms with Gasteiger partial charge in [0.25, 0.3) is 0 Å². The molecule has 162 valence electrons. The van der Waals surface area contributed by atoms with Gasteiger partial charge in [0.15, 0.2) is 5.78 Å². The van der Waals surface area contributed by atoms with Gasteiger partial charge in [-0.2, -0.15) is 0 Å². The van der Waals surface area contributed by atoms with Crippen LogP contribution < -0.4 is 4.90 Å². The molecule has 1 aromatic heterocycles. The Morgan fingerprint density at radius 3 is 2.38 bits per heavy atom. The van der Waals surface area contributed by atoms with Crippen LogP contribution in [0.1, 0.15) is 27.7 Å². The molecular weight excluding hydrogens is 418 g/mol. The molecule has 0 saturated carbocycles. The van der Waals surface area contributed by atoms with Crippen molar-refractivity contribution in [2.24, 2.45) is 0 Å². The summed E-state index contributed by atoms with van der Waals surface area (Å²) in [6.07, 6.45) is 0. The van der Waals surface area contributed by atoms with E-state index in [2.05, 4.69) is 33.0 Å². The molecule has 32 heavy (non-hydrogen) atoms. The number of hydrogen-bond donors (Lipinski definition) is 1. The minimum Gasteiger partial charge on any atom is -0.369 e. The average molecular weight is 444 g/mol. The number of para-hydroxylation sites is 1. The first-order valence-electron chi connectivity index (χ1n) is 11.0. The maximum atomic E-state index is 14.0. The number of benzene rings is 3. The Morgan fingerprint density at radius 2 is 1.62 bits per heavy atom. The van der Waals surface area contributed by atoms with Gasteiger partial charge in [-0.25, -0.2) is 0 Å². The Kier molecular flexibility index (Phi) is 5.73. The largest absolute Gasteiger partial charge is 0.369 e. The Balaban J connectivity index is 1.46. The van der Waals surface area contributed by atoms with Gasteiger partial charge in [-0.15, -0.1) is 0 Å². The number of aromatic nitrogens is 1. The fourth-order valence-corrected chi connectivity index (χ4v) is 4.99. The Labute approximate surface area is 193 Å². The second kappa shape index (κ2) is 8.81. The molecule has 1 atom stereocenters. The van der Waals surface area contributed by atoms with Crippen molar-refractivity contribution >= 4 is 34.0 Å². The summed E-state index contributed by atoms with van der Waals surface area (Å²) in [6.45, 7) is 5.30. The molecule has 0 unspecified atom stereocenters. The first kappa shape index (κ1) is 20.8. The maximum absolute atomic E-state index is 14.0. The number of carbonyl (C=O) groups is 1. The molecule has 0 amide bonds. The highest BCUT2D eigenvalue weighted by molar-refractivity contribution is 6.30. The summed E-state index contributed by atoms with van der Waals surface area (Å²) in [5.74, 6) is 0.155. The topological polar surface area (TPSA) is 39.3 Å². The lowest BCUT2D eigenvalue weighted by atomic mass is 9.93. The van der Waals surface area contributed by atoms with E-state index in [0.717, 1.165) is 64.6 Å². The molecule has 0 radical (unpaired) electrons. The van der Waals surface area contributed by atoms with Crippen molar-refractivity contribution in [3.8, 4) is 0 Å². The van der Waals surface area contributed by atoms with Crippen molar-refractivity contribution in [1.29, 1.82) is 0 Å². The third-order valence-corrected chi connectivity index (χ3v) is 6.59. The zero-order valence-electron chi connectivity index (χ0n) is 18.1. The van der Waals surface area contributed by atoms with Gasteiger partial charge in [0.2, 0.25) is 0 Å². The van der Waals surface area contributed by atoms with E-state index in [9.17, 15) is 4.79 Å². The molecule has 1 aliphatic rings. The third-order valence-electron chi connectivity index (χ3n) is 6.36. The number of aryl methyl sites for hydroxylation is 1. The van der Waals surface area contributed by atoms with Crippen LogP contribution in [0.2, 0.25) is 5.02 Å². The predicted molar refractivity (Wildman–Crippen MR) is 132 cm³/mol. The van der Waals surface area contributed by atoms with E-state index >= 15 is 0 Å². The highest BCUT2D eigenvalue weighted by Crippen LogP contribution is 2.32. The van der Waals surface area contributed by atoms with Crippen molar-refractivity contribution in [2.45, 2.75) is 13.0 Å². The molecule has 1 N–H and O–H groups in total. The summed E-state index contributed by atoms with van der Waals surface area (Å²) in [6, 6.07) is 25.9. The molecule has 3 aromatic carbocycles. The zero-order chi connectivity index (χ0) is 22.1. The van der Waals surface area contributed by atoms with E-state index in [1.165, 1.54) is 0 Å². The van der Waals surface area contributed by atoms with Crippen LogP contribution in [0.4, 0.5) is 5.69 Å². The molecule has 2 heterocycles. The number of H-pyrrole nitrogens is 1. The summed E-state index contributed by atoms with van der Waals surface area (Å²) < 4.78 is 0. The molecule has 5 heteroatoms. The van der Waals surface area contributed by atoms with Crippen LogP contribution in [-0.2, 0) is 0 Å². The number of hydrogen-bond acceptors (Lipinski definition) is 3. The molecular formula is C27H26ClN3O. The second-order valence-corrected chi connectivity index (χ2v) is 8.79. The van der Waals surface area contributed by atoms with E-state index in [1.807, 2.05) is 67.6 Å². The molecule has 5 rings (SSSR count). The molecule has 1 fully saturated rings. The quantitative estimate of drug-likeness (QED) is 0.392. The van der Waals surface area contributed by atoms with Gasteiger partial charge < -0.3 is 9.88 Å². The van der Waals surface area contributed by atoms with Crippen molar-refractivity contribution in [3.63, 3.8) is 0 Å². The first-order chi connectivity index (χ1) is 15.6. The summed E-state index contributed by atoms with van der Waals surface area (Å²) >= 11 is 6.20. The Hall–Kier alpha value is -3.08. The number of anilines is 1. The molecule has 0 spiro atoms. The van der Waals surface area contributed by atoms with Crippen molar-refractivity contribution in [3.05, 3.63) is 101 Å². The molecule has 1 aliphatic heterocycles. The smallest absolute Gasteiger partial charge is 0.186 e. The van der Waals surface area contributed by atoms with Gasteiger partial charge in [0.05, 0.1) is 6.04 Å². The zero-order valence-corrected chi connectivity index (χ0v) is 18.8. The minimum absolute atomic E-state index is 0.155. The van der Waals surface area contributed by atoms with Crippen LogP contribution in [-0.4, -0.2) is 41.8 Å². The van der Waals surface area contributed by atoms with Crippen LogP contribution in [0.3, 0.4) is 0 Å². The molecule has 0 bridgehead atoms. The number of carbonyl (C=O) groups excluding carboxylic acids is 1. The van der Waals surface area contributed by atoms with Gasteiger partial charge in [-0.05, 0) is 36.8 Å². The van der Waals surface area contributed by atoms with Crippen molar-refractivity contribution < 1.29 is 4.79 Å². The van der Waals surface area contributed by atoms with E-state index in [-0.39, 0.29) is 11.8 Å². The number of nitrogens with one attached hydrogen (secondary N) is 1. The lowest BCUT2D eigenvalue weighted by Gasteiger charge is -2.40. The summed E-state index contributed by atoms with van der Waals surface area (Å²) in [5.41, 5.74) is 4.90. The van der Waals surface area contributed by atoms with Crippen LogP contribution in [0.5, 0.6) is 0 Å². The summed E-state index contributed by atoms with van der Waals surface area (Å²) in [7, 11) is 0. The van der Waals surface area contributed by atoms with Gasteiger partial charge in [0.1, 0.15) is 0 Å². The fraction of sp³-hybridized carbons (Fsp3) is 0.222. The predicted octanol–water partition coefficient (Wildman–Crippen LogP) is 5.88. The number of Topliss-reactive ketones (excluding diaryl/α,β-unsaturated/α-hetero) is 1. The lowest BCUT2D eigenvalue weighted by Crippen LogP contribution is -2.49. The summed E-state index contributed by atoms with van der Waals surface area (Å²) in [5, 5.41) is 1.74. The number of fused-ring (bicyclic) bond motifs is 1.